The molecule has 7 nitrogen and oxygen atoms in total. The van der Waals surface area contributed by atoms with E-state index in [0.29, 0.717) is 17.2 Å². The zero-order valence-electron chi connectivity index (χ0n) is 27.5. The Kier molecular flexibility index (Phi) is 14.7. The van der Waals surface area contributed by atoms with Crippen LogP contribution >= 0.6 is 0 Å². The molecule has 5 rings (SSSR count). The first-order valence-electron chi connectivity index (χ1n) is 17.8. The topological polar surface area (TPSA) is 72.5 Å². The van der Waals surface area contributed by atoms with Crippen molar-refractivity contribution in [2.75, 3.05) is 20.3 Å². The number of unbranched alkanes of at least 4 members (excludes halogenated alkanes) is 2. The van der Waals surface area contributed by atoms with Crippen molar-refractivity contribution in [3.8, 4) is 0 Å². The minimum atomic E-state index is -0.130. The van der Waals surface area contributed by atoms with Gasteiger partial charge in [0, 0.05) is 0 Å². The Hall–Kier alpha value is -1.25. The monoisotopic (exact) mass is 692 g/mol. The average Bonchev–Trinajstić information content (AvgIpc) is 3.62. The predicted molar refractivity (Wildman–Crippen MR) is 177 cm³/mol. The summed E-state index contributed by atoms with van der Waals surface area (Å²) in [5.74, 6) is 0.529. The average molecular weight is 692 g/mol. The van der Waals surface area contributed by atoms with Crippen molar-refractivity contribution in [3.63, 3.8) is 0 Å². The van der Waals surface area contributed by atoms with E-state index >= 15 is 0 Å². The molecular formula is C37H56O7Se. The zero-order chi connectivity index (χ0) is 31.3. The molecule has 3 heterocycles. The van der Waals surface area contributed by atoms with Crippen molar-refractivity contribution in [1.82, 2.24) is 0 Å². The van der Waals surface area contributed by atoms with E-state index in [4.69, 9.17) is 28.4 Å². The molecule has 0 N–H and O–H groups in total. The van der Waals surface area contributed by atoms with E-state index in [2.05, 4.69) is 49.4 Å². The summed E-state index contributed by atoms with van der Waals surface area (Å²) >= 11 is 0.260. The molecule has 1 aromatic carbocycles. The summed E-state index contributed by atoms with van der Waals surface area (Å²) in [6.07, 6.45) is 20.3. The van der Waals surface area contributed by atoms with Crippen LogP contribution in [0.1, 0.15) is 103 Å². The maximum atomic E-state index is 11.9. The second-order valence-electron chi connectivity index (χ2n) is 13.2. The third-order valence-electron chi connectivity index (χ3n) is 9.83. The minimum absolute atomic E-state index is 0.0517. The van der Waals surface area contributed by atoms with Crippen molar-refractivity contribution in [2.24, 2.45) is 11.8 Å². The molecule has 1 saturated carbocycles. The zero-order valence-corrected chi connectivity index (χ0v) is 29.2. The second-order valence-corrected chi connectivity index (χ2v) is 15.9. The van der Waals surface area contributed by atoms with Crippen LogP contribution in [0.4, 0.5) is 0 Å². The molecule has 0 aromatic heterocycles. The van der Waals surface area contributed by atoms with Gasteiger partial charge in [0.1, 0.15) is 0 Å². The van der Waals surface area contributed by atoms with Crippen molar-refractivity contribution in [2.45, 2.75) is 145 Å². The summed E-state index contributed by atoms with van der Waals surface area (Å²) in [7, 11) is 1.47. The first-order valence-corrected chi connectivity index (χ1v) is 19.6. The van der Waals surface area contributed by atoms with E-state index in [9.17, 15) is 4.79 Å². The van der Waals surface area contributed by atoms with E-state index in [1.807, 2.05) is 0 Å². The van der Waals surface area contributed by atoms with Crippen LogP contribution in [-0.2, 0) is 33.2 Å². The molecule has 3 saturated heterocycles. The van der Waals surface area contributed by atoms with Gasteiger partial charge >= 0.3 is 265 Å². The third kappa shape index (κ3) is 10.9. The van der Waals surface area contributed by atoms with Gasteiger partial charge in [0.15, 0.2) is 0 Å². The molecule has 1 aromatic rings. The van der Waals surface area contributed by atoms with E-state index in [-0.39, 0.29) is 63.8 Å². The number of esters is 1. The molecule has 0 bridgehead atoms. The molecule has 4 aliphatic rings. The van der Waals surface area contributed by atoms with Gasteiger partial charge in [-0.2, -0.15) is 0 Å². The van der Waals surface area contributed by atoms with Gasteiger partial charge in [-0.15, -0.1) is 0 Å². The van der Waals surface area contributed by atoms with Gasteiger partial charge in [-0.1, -0.05) is 6.92 Å². The SMILES string of the molecule is CCCCC[C@@H](/C=C/[C@@H]1[C@H]2CC(C(CCCC(=O)OC)[Se]c3ccccc3)O[C@@H]2C[C@H]1OC1CCCCO1)OC1CCCCO1. The van der Waals surface area contributed by atoms with Crippen LogP contribution in [0.2, 0.25) is 4.82 Å². The number of carbonyl (C=O) groups excluding carboxylic acids is 1. The quantitative estimate of drug-likeness (QED) is 0.0762. The fourth-order valence-corrected chi connectivity index (χ4v) is 10.1. The van der Waals surface area contributed by atoms with Crippen LogP contribution in [0.25, 0.3) is 0 Å². The molecule has 1 aliphatic carbocycles. The number of hydrogen-bond donors (Lipinski definition) is 0. The van der Waals surface area contributed by atoms with Gasteiger partial charge in [0.05, 0.1) is 0 Å². The van der Waals surface area contributed by atoms with Crippen LogP contribution < -0.4 is 4.46 Å². The molecule has 0 radical (unpaired) electrons. The standard InChI is InChI=1S/C37H56O7Se/c1-3-4-6-14-27(42-36-19-9-11-23-40-36)21-22-29-30-25-33(43-32(30)26-31(29)44-37-20-10-12-24-41-37)34(17-13-18-35(38)39-2)45-28-15-7-5-8-16-28/h5,7-8,15-16,21-22,27,29-34,36-37H,3-4,6,9-14,17-20,23-26H2,1-2H3/b22-21+/t27-,29+,30+,31+,32+,33?,34?,36?,37?/m0/s1. The number of hydrogen-bond acceptors (Lipinski definition) is 7. The molecule has 45 heavy (non-hydrogen) atoms. The molecule has 3 aliphatic heterocycles. The summed E-state index contributed by atoms with van der Waals surface area (Å²) < 4.78 is 38.6. The van der Waals surface area contributed by atoms with E-state index < -0.39 is 0 Å². The summed E-state index contributed by atoms with van der Waals surface area (Å²) in [6, 6.07) is 10.8. The molecule has 9 atom stereocenters. The number of ether oxygens (including phenoxy) is 6. The third-order valence-corrected chi connectivity index (χ3v) is 12.7. The Morgan fingerprint density at radius 2 is 1.76 bits per heavy atom. The van der Waals surface area contributed by atoms with Gasteiger partial charge in [-0.3, -0.25) is 0 Å². The Bertz CT molecular complexity index is 1010. The van der Waals surface area contributed by atoms with E-state index in [0.717, 1.165) is 83.8 Å². The molecule has 252 valence electrons. The Labute approximate surface area is 277 Å². The number of fused-ring (bicyclic) bond motifs is 1. The van der Waals surface area contributed by atoms with Gasteiger partial charge in [-0.05, 0) is 6.42 Å². The Balaban J connectivity index is 1.30. The van der Waals surface area contributed by atoms with Gasteiger partial charge < -0.3 is 0 Å². The number of methoxy groups -OCH3 is 1. The number of rotatable bonds is 17. The number of benzene rings is 1. The van der Waals surface area contributed by atoms with Crippen molar-refractivity contribution in [3.05, 3.63) is 42.5 Å². The molecule has 8 heteroatoms. The maximum absolute atomic E-state index is 11.9. The Morgan fingerprint density at radius 1 is 0.978 bits per heavy atom. The summed E-state index contributed by atoms with van der Waals surface area (Å²) in [5, 5.41) is 0. The van der Waals surface area contributed by atoms with Gasteiger partial charge in [0.25, 0.3) is 0 Å². The van der Waals surface area contributed by atoms with E-state index in [1.165, 1.54) is 30.8 Å². The summed E-state index contributed by atoms with van der Waals surface area (Å²) in [4.78, 5) is 12.3. The molecular weight excluding hydrogens is 635 g/mol. The molecule has 4 unspecified atom stereocenters. The van der Waals surface area contributed by atoms with Crippen LogP contribution in [0, 0.1) is 11.8 Å². The van der Waals surface area contributed by atoms with Crippen LogP contribution in [0.15, 0.2) is 42.5 Å². The first kappa shape index (κ1) is 35.1. The predicted octanol–water partition coefficient (Wildman–Crippen LogP) is 6.90. The van der Waals surface area contributed by atoms with Crippen molar-refractivity contribution >= 4 is 25.4 Å². The summed E-state index contributed by atoms with van der Waals surface area (Å²) in [6.45, 7) is 3.83. The molecule has 0 amide bonds. The van der Waals surface area contributed by atoms with Gasteiger partial charge in [-0.25, -0.2) is 0 Å². The Morgan fingerprint density at radius 3 is 2.47 bits per heavy atom. The van der Waals surface area contributed by atoms with Crippen LogP contribution in [0.3, 0.4) is 0 Å². The van der Waals surface area contributed by atoms with Crippen LogP contribution in [-0.4, -0.2) is 78.2 Å². The van der Waals surface area contributed by atoms with Crippen molar-refractivity contribution < 1.29 is 33.2 Å². The normalized spacial score (nSPS) is 31.6. The first-order chi connectivity index (χ1) is 22.1. The van der Waals surface area contributed by atoms with E-state index in [1.54, 1.807) is 0 Å². The fraction of sp³-hybridized carbons (Fsp3) is 0.757. The molecule has 4 fully saturated rings. The second kappa shape index (κ2) is 18.9. The molecule has 0 spiro atoms. The van der Waals surface area contributed by atoms with Gasteiger partial charge in [0.2, 0.25) is 0 Å². The summed E-state index contributed by atoms with van der Waals surface area (Å²) in [5.41, 5.74) is 0. The van der Waals surface area contributed by atoms with Crippen molar-refractivity contribution in [1.29, 1.82) is 0 Å². The van der Waals surface area contributed by atoms with Crippen LogP contribution in [0.5, 0.6) is 0 Å². The number of carbonyl (C=O) groups is 1. The fourth-order valence-electron chi connectivity index (χ4n) is 7.38.